The standard InChI is InChI=1S/C13H22N4O3/c1-8(13(19)20)6-16(4)7-11(18)14-12-9(2)15-17(5)10(12)3/h8H,6-7H2,1-5H3,(H,14,18)(H,19,20). The van der Waals surface area contributed by atoms with Crippen molar-refractivity contribution >= 4 is 17.6 Å². The Labute approximate surface area is 118 Å². The van der Waals surface area contributed by atoms with Gasteiger partial charge in [-0.25, -0.2) is 0 Å². The number of carbonyl (C=O) groups is 2. The molecule has 0 saturated heterocycles. The first-order chi connectivity index (χ1) is 9.22. The topological polar surface area (TPSA) is 87.5 Å². The van der Waals surface area contributed by atoms with E-state index in [2.05, 4.69) is 10.4 Å². The summed E-state index contributed by atoms with van der Waals surface area (Å²) in [4.78, 5) is 24.4. The first-order valence-electron chi connectivity index (χ1n) is 6.43. The Hall–Kier alpha value is -1.89. The number of aromatic nitrogens is 2. The number of hydrogen-bond donors (Lipinski definition) is 2. The lowest BCUT2D eigenvalue weighted by Gasteiger charge is -2.18. The number of carbonyl (C=O) groups excluding carboxylic acids is 1. The lowest BCUT2D eigenvalue weighted by Crippen LogP contribution is -2.35. The van der Waals surface area contributed by atoms with E-state index in [1.54, 1.807) is 23.6 Å². The van der Waals surface area contributed by atoms with Gasteiger partial charge in [0, 0.05) is 13.6 Å². The molecular weight excluding hydrogens is 260 g/mol. The van der Waals surface area contributed by atoms with Crippen molar-refractivity contribution in [1.29, 1.82) is 0 Å². The minimum Gasteiger partial charge on any atom is -0.481 e. The predicted molar refractivity (Wildman–Crippen MR) is 75.6 cm³/mol. The van der Waals surface area contributed by atoms with Crippen LogP contribution in [0.5, 0.6) is 0 Å². The van der Waals surface area contributed by atoms with Crippen molar-refractivity contribution in [3.8, 4) is 0 Å². The van der Waals surface area contributed by atoms with Gasteiger partial charge in [0.25, 0.3) is 0 Å². The molecular formula is C13H22N4O3. The highest BCUT2D eigenvalue weighted by Gasteiger charge is 2.17. The van der Waals surface area contributed by atoms with E-state index in [9.17, 15) is 9.59 Å². The lowest BCUT2D eigenvalue weighted by atomic mass is 10.2. The van der Waals surface area contributed by atoms with Crippen molar-refractivity contribution in [3.05, 3.63) is 11.4 Å². The number of hydrogen-bond acceptors (Lipinski definition) is 4. The number of nitrogens with zero attached hydrogens (tertiary/aromatic N) is 3. The molecule has 0 aliphatic rings. The Bertz CT molecular complexity index is 510. The van der Waals surface area contributed by atoms with Crippen molar-refractivity contribution in [2.75, 3.05) is 25.5 Å². The van der Waals surface area contributed by atoms with Crippen molar-refractivity contribution < 1.29 is 14.7 Å². The summed E-state index contributed by atoms with van der Waals surface area (Å²) in [6.07, 6.45) is 0. The van der Waals surface area contributed by atoms with Gasteiger partial charge in [0.15, 0.2) is 0 Å². The highest BCUT2D eigenvalue weighted by atomic mass is 16.4. The number of carboxylic acid groups (broad SMARTS) is 1. The highest BCUT2D eigenvalue weighted by Crippen LogP contribution is 2.18. The van der Waals surface area contributed by atoms with Crippen molar-refractivity contribution in [2.24, 2.45) is 13.0 Å². The van der Waals surface area contributed by atoms with E-state index in [1.807, 2.05) is 20.9 Å². The molecule has 1 rings (SSSR count). The van der Waals surface area contributed by atoms with E-state index in [-0.39, 0.29) is 12.5 Å². The fourth-order valence-electron chi connectivity index (χ4n) is 1.99. The summed E-state index contributed by atoms with van der Waals surface area (Å²) in [5.74, 6) is -1.55. The Morgan fingerprint density at radius 1 is 1.45 bits per heavy atom. The SMILES string of the molecule is Cc1nn(C)c(C)c1NC(=O)CN(C)CC(C)C(=O)O. The molecule has 20 heavy (non-hydrogen) atoms. The molecule has 1 amide bonds. The molecule has 1 unspecified atom stereocenters. The third-order valence-electron chi connectivity index (χ3n) is 3.19. The molecule has 0 fully saturated rings. The van der Waals surface area contributed by atoms with E-state index in [0.717, 1.165) is 17.1 Å². The number of carboxylic acids is 1. The summed E-state index contributed by atoms with van der Waals surface area (Å²) >= 11 is 0. The summed E-state index contributed by atoms with van der Waals surface area (Å²) in [6, 6.07) is 0. The Morgan fingerprint density at radius 3 is 2.50 bits per heavy atom. The minimum absolute atomic E-state index is 0.144. The maximum atomic E-state index is 12.0. The second kappa shape index (κ2) is 6.51. The molecule has 0 bridgehead atoms. The van der Waals surface area contributed by atoms with Crippen LogP contribution >= 0.6 is 0 Å². The molecule has 1 heterocycles. The normalized spacial score (nSPS) is 12.5. The maximum absolute atomic E-state index is 12.0. The molecule has 112 valence electrons. The molecule has 0 aliphatic carbocycles. The second-order valence-electron chi connectivity index (χ2n) is 5.15. The molecule has 0 radical (unpaired) electrons. The fourth-order valence-corrected chi connectivity index (χ4v) is 1.99. The van der Waals surface area contributed by atoms with Gasteiger partial charge in [-0.1, -0.05) is 6.92 Å². The van der Waals surface area contributed by atoms with Crippen LogP contribution in [0, 0.1) is 19.8 Å². The Balaban J connectivity index is 2.57. The molecule has 1 aromatic heterocycles. The maximum Gasteiger partial charge on any atom is 0.307 e. The van der Waals surface area contributed by atoms with E-state index < -0.39 is 11.9 Å². The van der Waals surface area contributed by atoms with Gasteiger partial charge in [0.2, 0.25) is 5.91 Å². The van der Waals surface area contributed by atoms with Crippen LogP contribution in [-0.2, 0) is 16.6 Å². The summed E-state index contributed by atoms with van der Waals surface area (Å²) in [7, 11) is 3.54. The van der Waals surface area contributed by atoms with Crippen LogP contribution in [0.2, 0.25) is 0 Å². The molecule has 0 aromatic carbocycles. The van der Waals surface area contributed by atoms with E-state index >= 15 is 0 Å². The van der Waals surface area contributed by atoms with E-state index in [0.29, 0.717) is 6.54 Å². The van der Waals surface area contributed by atoms with Crippen LogP contribution in [0.4, 0.5) is 5.69 Å². The number of aliphatic carboxylic acids is 1. The minimum atomic E-state index is -0.865. The third-order valence-corrected chi connectivity index (χ3v) is 3.19. The largest absolute Gasteiger partial charge is 0.481 e. The molecule has 7 nitrogen and oxygen atoms in total. The van der Waals surface area contributed by atoms with Crippen LogP contribution < -0.4 is 5.32 Å². The van der Waals surface area contributed by atoms with Gasteiger partial charge in [-0.2, -0.15) is 5.10 Å². The fraction of sp³-hybridized carbons (Fsp3) is 0.615. The van der Waals surface area contributed by atoms with Crippen LogP contribution in [-0.4, -0.2) is 51.8 Å². The Kier molecular flexibility index (Phi) is 5.26. The highest BCUT2D eigenvalue weighted by molar-refractivity contribution is 5.93. The zero-order valence-electron chi connectivity index (χ0n) is 12.6. The van der Waals surface area contributed by atoms with Gasteiger partial charge in [-0.05, 0) is 20.9 Å². The van der Waals surface area contributed by atoms with E-state index in [1.165, 1.54) is 0 Å². The zero-order chi connectivity index (χ0) is 15.4. The van der Waals surface area contributed by atoms with Crippen LogP contribution in [0.1, 0.15) is 18.3 Å². The average molecular weight is 282 g/mol. The van der Waals surface area contributed by atoms with Gasteiger partial charge in [-0.15, -0.1) is 0 Å². The first kappa shape index (κ1) is 16.2. The summed E-state index contributed by atoms with van der Waals surface area (Å²) in [6.45, 7) is 5.80. The molecule has 2 N–H and O–H groups in total. The van der Waals surface area contributed by atoms with Crippen molar-refractivity contribution in [1.82, 2.24) is 14.7 Å². The summed E-state index contributed by atoms with van der Waals surface area (Å²) < 4.78 is 1.71. The van der Waals surface area contributed by atoms with Crippen molar-refractivity contribution in [2.45, 2.75) is 20.8 Å². The zero-order valence-corrected chi connectivity index (χ0v) is 12.6. The molecule has 1 aromatic rings. The molecule has 7 heteroatoms. The molecule has 0 saturated carbocycles. The smallest absolute Gasteiger partial charge is 0.307 e. The lowest BCUT2D eigenvalue weighted by molar-refractivity contribution is -0.141. The van der Waals surface area contributed by atoms with Gasteiger partial charge in [0.1, 0.15) is 0 Å². The summed E-state index contributed by atoms with van der Waals surface area (Å²) in [5, 5.41) is 15.9. The number of nitrogens with one attached hydrogen (secondary N) is 1. The number of anilines is 1. The number of likely N-dealkylation sites (N-methyl/N-ethyl adjacent to an activating group) is 1. The summed E-state index contributed by atoms with van der Waals surface area (Å²) in [5.41, 5.74) is 2.37. The monoisotopic (exact) mass is 282 g/mol. The number of aryl methyl sites for hydroxylation is 2. The first-order valence-corrected chi connectivity index (χ1v) is 6.43. The van der Waals surface area contributed by atoms with Gasteiger partial charge < -0.3 is 10.4 Å². The number of rotatable bonds is 6. The Morgan fingerprint density at radius 2 is 2.05 bits per heavy atom. The van der Waals surface area contributed by atoms with Crippen LogP contribution in [0.3, 0.4) is 0 Å². The second-order valence-corrected chi connectivity index (χ2v) is 5.15. The molecule has 0 aliphatic heterocycles. The van der Waals surface area contributed by atoms with Crippen LogP contribution in [0.25, 0.3) is 0 Å². The predicted octanol–water partition coefficient (Wildman–Crippen LogP) is 0.628. The van der Waals surface area contributed by atoms with Crippen molar-refractivity contribution in [3.63, 3.8) is 0 Å². The van der Waals surface area contributed by atoms with Crippen LogP contribution in [0.15, 0.2) is 0 Å². The third kappa shape index (κ3) is 4.06. The molecule has 1 atom stereocenters. The van der Waals surface area contributed by atoms with Gasteiger partial charge >= 0.3 is 5.97 Å². The van der Waals surface area contributed by atoms with Gasteiger partial charge in [-0.3, -0.25) is 19.2 Å². The van der Waals surface area contributed by atoms with Gasteiger partial charge in [0.05, 0.1) is 29.5 Å². The molecule has 0 spiro atoms. The number of amides is 1. The van der Waals surface area contributed by atoms with E-state index in [4.69, 9.17) is 5.11 Å². The quantitative estimate of drug-likeness (QED) is 0.799. The average Bonchev–Trinajstić information content (AvgIpc) is 2.55.